The van der Waals surface area contributed by atoms with Crippen molar-refractivity contribution in [3.05, 3.63) is 130 Å². The molecule has 0 saturated heterocycles. The maximum Gasteiger partial charge on any atom is 0.270 e. The quantitative estimate of drug-likeness (QED) is 0.204. The van der Waals surface area contributed by atoms with E-state index < -0.39 is 4.92 Å². The van der Waals surface area contributed by atoms with E-state index in [9.17, 15) is 15.2 Å². The van der Waals surface area contributed by atoms with Crippen LogP contribution >= 0.6 is 0 Å². The Hall–Kier alpha value is -4.78. The van der Waals surface area contributed by atoms with Crippen LogP contribution in [-0.4, -0.2) is 22.0 Å². The third-order valence-corrected chi connectivity index (χ3v) is 5.87. The monoisotopic (exact) mass is 462 g/mol. The zero-order valence-corrected chi connectivity index (χ0v) is 18.7. The fourth-order valence-corrected chi connectivity index (χ4v) is 4.11. The first-order valence-corrected chi connectivity index (χ1v) is 11.2. The first-order chi connectivity index (χ1) is 17.1. The van der Waals surface area contributed by atoms with E-state index in [1.165, 1.54) is 30.0 Å². The number of aliphatic imine (C=N–C) groups is 1. The molecule has 35 heavy (non-hydrogen) atoms. The van der Waals surface area contributed by atoms with Crippen molar-refractivity contribution in [3.63, 3.8) is 0 Å². The van der Waals surface area contributed by atoms with Gasteiger partial charge in [0.25, 0.3) is 5.69 Å². The van der Waals surface area contributed by atoms with Crippen LogP contribution in [0.2, 0.25) is 0 Å². The molecule has 1 N–H and O–H groups in total. The average Bonchev–Trinajstić information content (AvgIpc) is 3.35. The molecule has 0 aliphatic carbocycles. The molecular weight excluding hydrogens is 440 g/mol. The van der Waals surface area contributed by atoms with Gasteiger partial charge in [0.1, 0.15) is 5.75 Å². The fraction of sp³-hybridized carbons (Fsp3) is 0.0714. The minimum absolute atomic E-state index is 0.0696. The van der Waals surface area contributed by atoms with Gasteiger partial charge in [0.2, 0.25) is 0 Å². The van der Waals surface area contributed by atoms with E-state index in [0.717, 1.165) is 23.4 Å². The number of aromatic hydroxyl groups is 1. The predicted molar refractivity (Wildman–Crippen MR) is 138 cm³/mol. The second kappa shape index (κ2) is 9.61. The minimum Gasteiger partial charge on any atom is -0.507 e. The molecule has 1 atom stereocenters. The Morgan fingerprint density at radius 1 is 0.943 bits per heavy atom. The SMILES string of the molecule is O=[N+]([O-])c1ccc(O)c(C=Nc2cccc(C3=NN(c4ccccc4)C(c4ccccc4)C3)c2)c1. The van der Waals surface area contributed by atoms with Gasteiger partial charge in [0.05, 0.1) is 28.1 Å². The molecular formula is C28H22N4O3. The van der Waals surface area contributed by atoms with Crippen molar-refractivity contribution in [1.82, 2.24) is 0 Å². The lowest BCUT2D eigenvalue weighted by Crippen LogP contribution is -2.18. The summed E-state index contributed by atoms with van der Waals surface area (Å²) in [6.07, 6.45) is 2.17. The first-order valence-electron chi connectivity index (χ1n) is 11.2. The van der Waals surface area contributed by atoms with E-state index >= 15 is 0 Å². The number of non-ortho nitro benzene ring substituents is 1. The fourth-order valence-electron chi connectivity index (χ4n) is 4.11. The summed E-state index contributed by atoms with van der Waals surface area (Å²) in [6, 6.07) is 32.0. The standard InChI is InChI=1S/C28H22N4O3/c33-28-15-14-25(32(34)35)17-22(28)19-29-23-11-7-10-21(16-23)26-18-27(20-8-3-1-4-9-20)31(30-26)24-12-5-2-6-13-24/h1-17,19,27,33H,18H2. The van der Waals surface area contributed by atoms with Gasteiger partial charge < -0.3 is 5.11 Å². The second-order valence-electron chi connectivity index (χ2n) is 8.17. The summed E-state index contributed by atoms with van der Waals surface area (Å²) in [5, 5.41) is 28.1. The smallest absolute Gasteiger partial charge is 0.270 e. The molecule has 0 aromatic heterocycles. The van der Waals surface area contributed by atoms with E-state index in [2.05, 4.69) is 34.3 Å². The number of phenols is 1. The normalized spacial score (nSPS) is 15.4. The maximum absolute atomic E-state index is 11.1. The molecule has 0 spiro atoms. The number of anilines is 1. The van der Waals surface area contributed by atoms with Crippen LogP contribution in [0.3, 0.4) is 0 Å². The van der Waals surface area contributed by atoms with Crippen LogP contribution in [0.5, 0.6) is 5.75 Å². The molecule has 7 heteroatoms. The molecule has 0 saturated carbocycles. The summed E-state index contributed by atoms with van der Waals surface area (Å²) in [6.45, 7) is 0. The van der Waals surface area contributed by atoms with E-state index in [1.807, 2.05) is 60.7 Å². The van der Waals surface area contributed by atoms with Crippen molar-refractivity contribution >= 4 is 29.0 Å². The Morgan fingerprint density at radius 2 is 1.69 bits per heavy atom. The molecule has 0 amide bonds. The molecule has 172 valence electrons. The van der Waals surface area contributed by atoms with Gasteiger partial charge in [-0.05, 0) is 41.5 Å². The molecule has 1 heterocycles. The highest BCUT2D eigenvalue weighted by atomic mass is 16.6. The number of hydrogen-bond donors (Lipinski definition) is 1. The zero-order valence-electron chi connectivity index (χ0n) is 18.7. The number of para-hydroxylation sites is 1. The van der Waals surface area contributed by atoms with Crippen LogP contribution in [0.1, 0.15) is 29.2 Å². The van der Waals surface area contributed by atoms with Crippen molar-refractivity contribution in [2.75, 3.05) is 5.01 Å². The van der Waals surface area contributed by atoms with Gasteiger partial charge in [0.15, 0.2) is 0 Å². The lowest BCUT2D eigenvalue weighted by Gasteiger charge is -2.23. The molecule has 1 aliphatic rings. The van der Waals surface area contributed by atoms with Crippen molar-refractivity contribution in [3.8, 4) is 5.75 Å². The van der Waals surface area contributed by atoms with Crippen molar-refractivity contribution < 1.29 is 10.0 Å². The van der Waals surface area contributed by atoms with Crippen molar-refractivity contribution in [1.29, 1.82) is 0 Å². The summed E-state index contributed by atoms with van der Waals surface area (Å²) in [5.41, 5.74) is 4.93. The zero-order chi connectivity index (χ0) is 24.2. The van der Waals surface area contributed by atoms with Gasteiger partial charge in [-0.1, -0.05) is 60.7 Å². The van der Waals surface area contributed by atoms with Crippen molar-refractivity contribution in [2.24, 2.45) is 10.1 Å². The summed E-state index contributed by atoms with van der Waals surface area (Å²) < 4.78 is 0. The number of nitrogens with zero attached hydrogens (tertiary/aromatic N) is 4. The summed E-state index contributed by atoms with van der Waals surface area (Å²) in [5.74, 6) is -0.0696. The van der Waals surface area contributed by atoms with Crippen LogP contribution < -0.4 is 5.01 Å². The molecule has 4 aromatic carbocycles. The van der Waals surface area contributed by atoms with Gasteiger partial charge in [-0.25, -0.2) is 0 Å². The average molecular weight is 463 g/mol. The lowest BCUT2D eigenvalue weighted by atomic mass is 9.98. The number of hydrogen-bond acceptors (Lipinski definition) is 6. The van der Waals surface area contributed by atoms with Crippen LogP contribution in [-0.2, 0) is 0 Å². The first kappa shape index (κ1) is 22.0. The maximum atomic E-state index is 11.1. The number of phenolic OH excluding ortho intramolecular Hbond substituents is 1. The van der Waals surface area contributed by atoms with Crippen LogP contribution in [0.25, 0.3) is 0 Å². The van der Waals surface area contributed by atoms with Gasteiger partial charge in [-0.15, -0.1) is 0 Å². The highest BCUT2D eigenvalue weighted by molar-refractivity contribution is 6.04. The molecule has 0 radical (unpaired) electrons. The Labute approximate surface area is 202 Å². The third kappa shape index (κ3) is 4.79. The van der Waals surface area contributed by atoms with E-state index in [1.54, 1.807) is 0 Å². The van der Waals surface area contributed by atoms with E-state index in [-0.39, 0.29) is 23.0 Å². The molecule has 1 aliphatic heterocycles. The topological polar surface area (TPSA) is 91.3 Å². The Bertz CT molecular complexity index is 1420. The summed E-state index contributed by atoms with van der Waals surface area (Å²) in [7, 11) is 0. The number of nitro benzene ring substituents is 1. The minimum atomic E-state index is -0.503. The third-order valence-electron chi connectivity index (χ3n) is 5.87. The molecule has 4 aromatic rings. The van der Waals surface area contributed by atoms with Gasteiger partial charge in [-0.2, -0.15) is 5.10 Å². The second-order valence-corrected chi connectivity index (χ2v) is 8.17. The van der Waals surface area contributed by atoms with Crippen LogP contribution in [0.4, 0.5) is 17.1 Å². The van der Waals surface area contributed by atoms with Gasteiger partial charge in [0, 0.05) is 30.3 Å². The number of nitro groups is 1. The van der Waals surface area contributed by atoms with Gasteiger partial charge in [-0.3, -0.25) is 20.1 Å². The Balaban J connectivity index is 1.45. The highest BCUT2D eigenvalue weighted by Gasteiger charge is 2.29. The van der Waals surface area contributed by atoms with Crippen molar-refractivity contribution in [2.45, 2.75) is 12.5 Å². The molecule has 1 unspecified atom stereocenters. The Kier molecular flexibility index (Phi) is 6.05. The molecule has 0 fully saturated rings. The summed E-state index contributed by atoms with van der Waals surface area (Å²) >= 11 is 0. The molecule has 5 rings (SSSR count). The van der Waals surface area contributed by atoms with E-state index in [4.69, 9.17) is 5.10 Å². The predicted octanol–water partition coefficient (Wildman–Crippen LogP) is 6.41. The molecule has 0 bridgehead atoms. The lowest BCUT2D eigenvalue weighted by molar-refractivity contribution is -0.384. The number of rotatable bonds is 6. The Morgan fingerprint density at radius 3 is 2.43 bits per heavy atom. The highest BCUT2D eigenvalue weighted by Crippen LogP contribution is 2.37. The number of benzene rings is 4. The summed E-state index contributed by atoms with van der Waals surface area (Å²) in [4.78, 5) is 15.0. The van der Waals surface area contributed by atoms with Gasteiger partial charge >= 0.3 is 0 Å². The van der Waals surface area contributed by atoms with Crippen LogP contribution in [0, 0.1) is 10.1 Å². The number of hydrazone groups is 1. The largest absolute Gasteiger partial charge is 0.507 e. The van der Waals surface area contributed by atoms with E-state index in [0.29, 0.717) is 5.69 Å². The van der Waals surface area contributed by atoms with Crippen LogP contribution in [0.15, 0.2) is 113 Å². The molecule has 7 nitrogen and oxygen atoms in total.